The number of nitrogens with two attached hydrogens (primary N) is 1. The van der Waals surface area contributed by atoms with Crippen LogP contribution in [-0.2, 0) is 6.42 Å². The van der Waals surface area contributed by atoms with E-state index in [1.54, 1.807) is 12.3 Å². The number of benzene rings is 1. The molecule has 1 aromatic heterocycles. The van der Waals surface area contributed by atoms with Crippen LogP contribution >= 0.6 is 23.2 Å². The molecule has 1 aromatic carbocycles. The van der Waals surface area contributed by atoms with E-state index in [1.807, 2.05) is 25.3 Å². The first-order valence-electron chi connectivity index (χ1n) is 5.92. The van der Waals surface area contributed by atoms with E-state index >= 15 is 0 Å². The van der Waals surface area contributed by atoms with Crippen LogP contribution in [0.2, 0.25) is 10.0 Å². The SMILES string of the molecule is Cc1cncc(C(Cc2cccc(Cl)c2Cl)NN)c1. The topological polar surface area (TPSA) is 50.9 Å². The molecule has 2 aromatic rings. The molecule has 1 unspecified atom stereocenters. The van der Waals surface area contributed by atoms with Crippen molar-refractivity contribution in [3.8, 4) is 0 Å². The van der Waals surface area contributed by atoms with Gasteiger partial charge in [0, 0.05) is 12.4 Å². The van der Waals surface area contributed by atoms with Gasteiger partial charge in [-0.25, -0.2) is 0 Å². The minimum absolute atomic E-state index is 0.0524. The van der Waals surface area contributed by atoms with Gasteiger partial charge in [0.25, 0.3) is 0 Å². The van der Waals surface area contributed by atoms with Crippen LogP contribution in [0.5, 0.6) is 0 Å². The van der Waals surface area contributed by atoms with Crippen molar-refractivity contribution < 1.29 is 0 Å². The standard InChI is InChI=1S/C14H15Cl2N3/c1-9-5-11(8-18-7-9)13(19-17)6-10-3-2-4-12(15)14(10)16/h2-5,7-8,13,19H,6,17H2,1H3. The number of hydrogen-bond acceptors (Lipinski definition) is 3. The maximum Gasteiger partial charge on any atom is 0.0624 e. The predicted octanol–water partition coefficient (Wildman–Crippen LogP) is 3.44. The van der Waals surface area contributed by atoms with Crippen molar-refractivity contribution in [2.45, 2.75) is 19.4 Å². The first kappa shape index (κ1) is 14.3. The van der Waals surface area contributed by atoms with E-state index < -0.39 is 0 Å². The Kier molecular flexibility index (Phi) is 4.77. The van der Waals surface area contributed by atoms with E-state index in [2.05, 4.69) is 16.5 Å². The third kappa shape index (κ3) is 3.45. The van der Waals surface area contributed by atoms with Gasteiger partial charge < -0.3 is 0 Å². The maximum absolute atomic E-state index is 6.20. The summed E-state index contributed by atoms with van der Waals surface area (Å²) in [6, 6.07) is 7.60. The van der Waals surface area contributed by atoms with Gasteiger partial charge in [0.05, 0.1) is 16.1 Å². The van der Waals surface area contributed by atoms with Gasteiger partial charge in [-0.3, -0.25) is 16.3 Å². The molecule has 0 fully saturated rings. The molecule has 0 aliphatic heterocycles. The van der Waals surface area contributed by atoms with Crippen LogP contribution < -0.4 is 11.3 Å². The number of hydrazine groups is 1. The Balaban J connectivity index is 2.26. The first-order valence-corrected chi connectivity index (χ1v) is 6.68. The molecule has 0 saturated carbocycles. The zero-order chi connectivity index (χ0) is 13.8. The molecule has 0 amide bonds. The van der Waals surface area contributed by atoms with E-state index in [0.717, 1.165) is 16.7 Å². The van der Waals surface area contributed by atoms with Crippen LogP contribution in [0.1, 0.15) is 22.7 Å². The number of nitrogens with zero attached hydrogens (tertiary/aromatic N) is 1. The maximum atomic E-state index is 6.20. The van der Waals surface area contributed by atoms with E-state index in [0.29, 0.717) is 16.5 Å². The van der Waals surface area contributed by atoms with Gasteiger partial charge >= 0.3 is 0 Å². The summed E-state index contributed by atoms with van der Waals surface area (Å²) in [6.45, 7) is 2.00. The van der Waals surface area contributed by atoms with Crippen molar-refractivity contribution in [1.82, 2.24) is 10.4 Å². The van der Waals surface area contributed by atoms with Crippen LogP contribution in [-0.4, -0.2) is 4.98 Å². The number of hydrogen-bond donors (Lipinski definition) is 2. The van der Waals surface area contributed by atoms with Gasteiger partial charge in [0.15, 0.2) is 0 Å². The molecule has 0 aliphatic carbocycles. The monoisotopic (exact) mass is 295 g/mol. The lowest BCUT2D eigenvalue weighted by Crippen LogP contribution is -2.29. The van der Waals surface area contributed by atoms with Gasteiger partial charge in [-0.1, -0.05) is 41.4 Å². The minimum atomic E-state index is -0.0524. The fourth-order valence-corrected chi connectivity index (χ4v) is 2.37. The summed E-state index contributed by atoms with van der Waals surface area (Å²) in [7, 11) is 0. The molecule has 2 rings (SSSR count). The summed E-state index contributed by atoms with van der Waals surface area (Å²) in [6.07, 6.45) is 4.26. The minimum Gasteiger partial charge on any atom is -0.271 e. The predicted molar refractivity (Wildman–Crippen MR) is 79.2 cm³/mol. The lowest BCUT2D eigenvalue weighted by atomic mass is 10.00. The van der Waals surface area contributed by atoms with Crippen LogP contribution in [0, 0.1) is 6.92 Å². The lowest BCUT2D eigenvalue weighted by Gasteiger charge is -2.17. The molecule has 1 atom stereocenters. The first-order chi connectivity index (χ1) is 9.11. The smallest absolute Gasteiger partial charge is 0.0624 e. The molecule has 0 spiro atoms. The highest BCUT2D eigenvalue weighted by molar-refractivity contribution is 6.42. The van der Waals surface area contributed by atoms with Crippen molar-refractivity contribution in [2.24, 2.45) is 5.84 Å². The number of aromatic nitrogens is 1. The molecule has 1 heterocycles. The fraction of sp³-hybridized carbons (Fsp3) is 0.214. The second-order valence-electron chi connectivity index (χ2n) is 4.43. The Bertz CT molecular complexity index is 572. The average Bonchev–Trinajstić information content (AvgIpc) is 2.40. The molecule has 0 saturated heterocycles. The molecule has 19 heavy (non-hydrogen) atoms. The highest BCUT2D eigenvalue weighted by Gasteiger charge is 2.14. The molecular formula is C14H15Cl2N3. The third-order valence-corrected chi connectivity index (χ3v) is 3.81. The summed E-state index contributed by atoms with van der Waals surface area (Å²) in [5, 5.41) is 1.13. The number of rotatable bonds is 4. The summed E-state index contributed by atoms with van der Waals surface area (Å²) < 4.78 is 0. The Hall–Kier alpha value is -1.13. The normalized spacial score (nSPS) is 12.4. The van der Waals surface area contributed by atoms with Gasteiger partial charge in [0.1, 0.15) is 0 Å². The van der Waals surface area contributed by atoms with E-state index in [4.69, 9.17) is 29.0 Å². The molecule has 3 nitrogen and oxygen atoms in total. The second kappa shape index (κ2) is 6.35. The van der Waals surface area contributed by atoms with Crippen molar-refractivity contribution in [3.63, 3.8) is 0 Å². The third-order valence-electron chi connectivity index (χ3n) is 2.96. The summed E-state index contributed by atoms with van der Waals surface area (Å²) in [5.41, 5.74) is 5.88. The fourth-order valence-electron chi connectivity index (χ4n) is 1.97. The van der Waals surface area contributed by atoms with E-state index in [-0.39, 0.29) is 6.04 Å². The highest BCUT2D eigenvalue weighted by Crippen LogP contribution is 2.29. The number of pyridine rings is 1. The zero-order valence-corrected chi connectivity index (χ0v) is 12.0. The van der Waals surface area contributed by atoms with Crippen LogP contribution in [0.15, 0.2) is 36.7 Å². The summed E-state index contributed by atoms with van der Waals surface area (Å²) >= 11 is 12.2. The lowest BCUT2D eigenvalue weighted by molar-refractivity contribution is 0.550. The van der Waals surface area contributed by atoms with Crippen molar-refractivity contribution in [2.75, 3.05) is 0 Å². The molecule has 5 heteroatoms. The van der Waals surface area contributed by atoms with Crippen LogP contribution in [0.4, 0.5) is 0 Å². The average molecular weight is 296 g/mol. The zero-order valence-electron chi connectivity index (χ0n) is 10.5. The molecule has 0 bridgehead atoms. The van der Waals surface area contributed by atoms with E-state index in [1.165, 1.54) is 0 Å². The Morgan fingerprint density at radius 3 is 2.79 bits per heavy atom. The van der Waals surface area contributed by atoms with Gasteiger partial charge in [-0.2, -0.15) is 0 Å². The molecule has 3 N–H and O–H groups in total. The quantitative estimate of drug-likeness (QED) is 0.671. The van der Waals surface area contributed by atoms with E-state index in [9.17, 15) is 0 Å². The largest absolute Gasteiger partial charge is 0.271 e. The highest BCUT2D eigenvalue weighted by atomic mass is 35.5. The van der Waals surface area contributed by atoms with Gasteiger partial charge in [-0.05, 0) is 36.1 Å². The molecular weight excluding hydrogens is 281 g/mol. The van der Waals surface area contributed by atoms with Crippen molar-refractivity contribution in [1.29, 1.82) is 0 Å². The molecule has 0 aliphatic rings. The van der Waals surface area contributed by atoms with Crippen LogP contribution in [0.25, 0.3) is 0 Å². The number of aryl methyl sites for hydroxylation is 1. The number of halogens is 2. The molecule has 0 radical (unpaired) electrons. The Morgan fingerprint density at radius 2 is 2.11 bits per heavy atom. The summed E-state index contributed by atoms with van der Waals surface area (Å²) in [5.74, 6) is 5.64. The second-order valence-corrected chi connectivity index (χ2v) is 5.22. The van der Waals surface area contributed by atoms with Gasteiger partial charge in [-0.15, -0.1) is 0 Å². The number of nitrogens with one attached hydrogen (secondary N) is 1. The Morgan fingerprint density at radius 1 is 1.32 bits per heavy atom. The van der Waals surface area contributed by atoms with Crippen LogP contribution in [0.3, 0.4) is 0 Å². The van der Waals surface area contributed by atoms with Crippen molar-refractivity contribution >= 4 is 23.2 Å². The van der Waals surface area contributed by atoms with Gasteiger partial charge in [0.2, 0.25) is 0 Å². The molecule has 100 valence electrons. The Labute approximate surface area is 122 Å². The summed E-state index contributed by atoms with van der Waals surface area (Å²) in [4.78, 5) is 4.18. The van der Waals surface area contributed by atoms with Crippen molar-refractivity contribution in [3.05, 3.63) is 63.4 Å².